The van der Waals surface area contributed by atoms with Crippen LogP contribution in [-0.2, 0) is 20.9 Å². The number of fused-ring (bicyclic) bond motifs is 1. The van der Waals surface area contributed by atoms with E-state index in [-0.39, 0.29) is 43.4 Å². The van der Waals surface area contributed by atoms with Gasteiger partial charge in [0.25, 0.3) is 5.91 Å². The summed E-state index contributed by atoms with van der Waals surface area (Å²) in [5, 5.41) is 0. The van der Waals surface area contributed by atoms with Crippen molar-refractivity contribution in [2.75, 3.05) is 11.7 Å². The molecule has 1 aliphatic carbocycles. The van der Waals surface area contributed by atoms with Gasteiger partial charge in [-0.05, 0) is 49.6 Å². The van der Waals surface area contributed by atoms with Crippen LogP contribution >= 0.6 is 0 Å². The molecule has 2 aliphatic heterocycles. The van der Waals surface area contributed by atoms with E-state index in [9.17, 15) is 14.4 Å². The Morgan fingerprint density at radius 2 is 1.73 bits per heavy atom. The zero-order valence-electron chi connectivity index (χ0n) is 18.8. The molecule has 172 valence electrons. The van der Waals surface area contributed by atoms with Crippen molar-refractivity contribution in [3.8, 4) is 11.5 Å². The van der Waals surface area contributed by atoms with Crippen LogP contribution in [0.2, 0.25) is 0 Å². The fourth-order valence-electron chi connectivity index (χ4n) is 4.99. The number of hydrogen-bond donors (Lipinski definition) is 0. The van der Waals surface area contributed by atoms with Gasteiger partial charge in [0, 0.05) is 12.5 Å². The topological polar surface area (TPSA) is 76.2 Å². The van der Waals surface area contributed by atoms with Crippen LogP contribution in [0.15, 0.2) is 42.5 Å². The van der Waals surface area contributed by atoms with Crippen molar-refractivity contribution in [2.45, 2.75) is 58.0 Å². The summed E-state index contributed by atoms with van der Waals surface area (Å²) in [4.78, 5) is 42.9. The van der Waals surface area contributed by atoms with Crippen molar-refractivity contribution in [3.63, 3.8) is 0 Å². The number of anilines is 1. The molecule has 0 bridgehead atoms. The summed E-state index contributed by atoms with van der Waals surface area (Å²) in [7, 11) is 0. The lowest BCUT2D eigenvalue weighted by Crippen LogP contribution is -2.47. The first-order valence-electron chi connectivity index (χ1n) is 11.6. The van der Waals surface area contributed by atoms with Gasteiger partial charge < -0.3 is 14.4 Å². The van der Waals surface area contributed by atoms with Gasteiger partial charge in [0.1, 0.15) is 6.04 Å². The summed E-state index contributed by atoms with van der Waals surface area (Å²) < 4.78 is 10.9. The summed E-state index contributed by atoms with van der Waals surface area (Å²) in [6, 6.07) is 12.1. The van der Waals surface area contributed by atoms with Crippen molar-refractivity contribution < 1.29 is 23.9 Å². The largest absolute Gasteiger partial charge is 0.454 e. The molecule has 1 saturated carbocycles. The highest BCUT2D eigenvalue weighted by molar-refractivity contribution is 6.23. The molecular weight excluding hydrogens is 420 g/mol. The highest BCUT2D eigenvalue weighted by Gasteiger charge is 2.45. The van der Waals surface area contributed by atoms with Gasteiger partial charge in [0.05, 0.1) is 12.1 Å². The maximum absolute atomic E-state index is 13.7. The van der Waals surface area contributed by atoms with Crippen LogP contribution in [-0.4, -0.2) is 35.5 Å². The van der Waals surface area contributed by atoms with Crippen molar-refractivity contribution in [2.24, 2.45) is 5.92 Å². The minimum atomic E-state index is -0.807. The van der Waals surface area contributed by atoms with Crippen LogP contribution in [0.5, 0.6) is 11.5 Å². The number of amides is 3. The molecular formula is C26H28N2O5. The minimum absolute atomic E-state index is 0.00424. The van der Waals surface area contributed by atoms with Gasteiger partial charge in [-0.1, -0.05) is 43.0 Å². The fraction of sp³-hybridized carbons (Fsp3) is 0.423. The molecule has 0 radical (unpaired) electrons. The lowest BCUT2D eigenvalue weighted by Gasteiger charge is -2.32. The third kappa shape index (κ3) is 4.19. The van der Waals surface area contributed by atoms with Crippen molar-refractivity contribution in [1.29, 1.82) is 0 Å². The molecule has 0 aromatic heterocycles. The first-order valence-corrected chi connectivity index (χ1v) is 11.6. The van der Waals surface area contributed by atoms with Gasteiger partial charge in [-0.15, -0.1) is 0 Å². The number of benzene rings is 2. The van der Waals surface area contributed by atoms with Gasteiger partial charge in [0.15, 0.2) is 11.5 Å². The van der Waals surface area contributed by atoms with Crippen molar-refractivity contribution in [1.82, 2.24) is 4.90 Å². The second kappa shape index (κ2) is 8.89. The van der Waals surface area contributed by atoms with E-state index in [0.29, 0.717) is 17.2 Å². The normalized spacial score (nSPS) is 20.4. The number of imide groups is 1. The number of hydrogen-bond acceptors (Lipinski definition) is 5. The Labute approximate surface area is 193 Å². The van der Waals surface area contributed by atoms with Gasteiger partial charge in [0.2, 0.25) is 18.6 Å². The van der Waals surface area contributed by atoms with E-state index in [1.165, 1.54) is 4.90 Å². The Bertz CT molecular complexity index is 1070. The first kappa shape index (κ1) is 21.5. The van der Waals surface area contributed by atoms with E-state index in [1.807, 2.05) is 37.3 Å². The molecule has 7 heteroatoms. The van der Waals surface area contributed by atoms with E-state index >= 15 is 0 Å². The summed E-state index contributed by atoms with van der Waals surface area (Å²) in [5.74, 6) is 0.539. The number of nitrogens with zero attached hydrogens (tertiary/aromatic N) is 2. The van der Waals surface area contributed by atoms with Crippen LogP contribution < -0.4 is 14.4 Å². The molecule has 5 rings (SSSR count). The van der Waals surface area contributed by atoms with E-state index in [2.05, 4.69) is 0 Å². The Morgan fingerprint density at radius 1 is 1.00 bits per heavy atom. The molecule has 2 aromatic carbocycles. The molecule has 1 saturated heterocycles. The Kier molecular flexibility index (Phi) is 5.79. The summed E-state index contributed by atoms with van der Waals surface area (Å²) in [6.07, 6.45) is 4.81. The van der Waals surface area contributed by atoms with E-state index < -0.39 is 6.04 Å². The lowest BCUT2D eigenvalue weighted by atomic mass is 9.87. The van der Waals surface area contributed by atoms with Gasteiger partial charge in [-0.3, -0.25) is 14.4 Å². The predicted octanol–water partition coefficient (Wildman–Crippen LogP) is 3.96. The monoisotopic (exact) mass is 448 g/mol. The summed E-state index contributed by atoms with van der Waals surface area (Å²) in [5.41, 5.74) is 2.44. The van der Waals surface area contributed by atoms with E-state index in [0.717, 1.165) is 43.2 Å². The van der Waals surface area contributed by atoms with Gasteiger partial charge in [-0.25, -0.2) is 4.90 Å². The molecule has 2 fully saturated rings. The zero-order chi connectivity index (χ0) is 22.9. The van der Waals surface area contributed by atoms with Crippen molar-refractivity contribution in [3.05, 3.63) is 53.6 Å². The van der Waals surface area contributed by atoms with Crippen LogP contribution in [0, 0.1) is 12.8 Å². The maximum atomic E-state index is 13.7. The third-order valence-corrected chi connectivity index (χ3v) is 6.82. The number of carbonyl (C=O) groups excluding carboxylic acids is 3. The highest BCUT2D eigenvalue weighted by Crippen LogP contribution is 2.35. The molecule has 0 N–H and O–H groups in total. The molecule has 3 aliphatic rings. The van der Waals surface area contributed by atoms with E-state index in [1.54, 1.807) is 17.0 Å². The maximum Gasteiger partial charge on any atom is 0.257 e. The SMILES string of the molecule is Cc1ccc(N2C(=O)CC(N(Cc3ccc4c(c3)OCO4)C(=O)C3CCCCC3)C2=O)cc1. The van der Waals surface area contributed by atoms with Crippen LogP contribution in [0.25, 0.3) is 0 Å². The summed E-state index contributed by atoms with van der Waals surface area (Å²) >= 11 is 0. The Morgan fingerprint density at radius 3 is 2.48 bits per heavy atom. The molecule has 1 unspecified atom stereocenters. The lowest BCUT2D eigenvalue weighted by molar-refractivity contribution is -0.143. The van der Waals surface area contributed by atoms with Gasteiger partial charge in [-0.2, -0.15) is 0 Å². The summed E-state index contributed by atoms with van der Waals surface area (Å²) in [6.45, 7) is 2.37. The molecule has 7 nitrogen and oxygen atoms in total. The van der Waals surface area contributed by atoms with Crippen molar-refractivity contribution >= 4 is 23.4 Å². The molecule has 2 aromatic rings. The standard InChI is InChI=1S/C26H28N2O5/c1-17-7-10-20(11-8-17)28-24(29)14-21(26(28)31)27(25(30)19-5-3-2-4-6-19)15-18-9-12-22-23(13-18)33-16-32-22/h7-13,19,21H,2-6,14-16H2,1H3. The zero-order valence-corrected chi connectivity index (χ0v) is 18.8. The second-order valence-electron chi connectivity index (χ2n) is 9.11. The number of carbonyl (C=O) groups is 3. The minimum Gasteiger partial charge on any atom is -0.454 e. The second-order valence-corrected chi connectivity index (χ2v) is 9.11. The number of rotatable bonds is 5. The van der Waals surface area contributed by atoms with E-state index in [4.69, 9.17) is 9.47 Å². The smallest absolute Gasteiger partial charge is 0.257 e. The fourth-order valence-corrected chi connectivity index (χ4v) is 4.99. The molecule has 2 heterocycles. The van der Waals surface area contributed by atoms with Crippen LogP contribution in [0.4, 0.5) is 5.69 Å². The highest BCUT2D eigenvalue weighted by atomic mass is 16.7. The average Bonchev–Trinajstić information content (AvgIpc) is 3.41. The van der Waals surface area contributed by atoms with Crippen LogP contribution in [0.3, 0.4) is 0 Å². The first-order chi connectivity index (χ1) is 16.0. The predicted molar refractivity (Wildman–Crippen MR) is 122 cm³/mol. The molecule has 0 spiro atoms. The van der Waals surface area contributed by atoms with Crippen LogP contribution in [0.1, 0.15) is 49.7 Å². The third-order valence-electron chi connectivity index (χ3n) is 6.82. The quantitative estimate of drug-likeness (QED) is 0.647. The average molecular weight is 449 g/mol. The number of ether oxygens (including phenoxy) is 2. The molecule has 33 heavy (non-hydrogen) atoms. The Hall–Kier alpha value is -3.35. The van der Waals surface area contributed by atoms with Gasteiger partial charge >= 0.3 is 0 Å². The number of aryl methyl sites for hydroxylation is 1. The molecule has 3 amide bonds. The molecule has 1 atom stereocenters. The Balaban J connectivity index is 1.44.